The Kier molecular flexibility index (Phi) is 3.17. The average Bonchev–Trinajstić information content (AvgIpc) is 2.73. The smallest absolute Gasteiger partial charge is 0.313 e. The molecular weight excluding hydrogens is 234 g/mol. The van der Waals surface area contributed by atoms with Gasteiger partial charge in [-0.05, 0) is 19.1 Å². The normalized spacial score (nSPS) is 26.6. The molecule has 2 atom stereocenters. The summed E-state index contributed by atoms with van der Waals surface area (Å²) >= 11 is 0. The standard InChI is InChI=1S/C12H13N3O3/c1-12(11(16)17)7-18-6-9(12)15-10-4-8(5-13)2-3-14-10/h2-4,9H,6-7H2,1H3,(H,14,15)(H,16,17). The third-order valence-electron chi connectivity index (χ3n) is 3.16. The molecule has 94 valence electrons. The summed E-state index contributed by atoms with van der Waals surface area (Å²) in [5.74, 6) is -0.425. The molecule has 0 aromatic carbocycles. The molecule has 0 aliphatic carbocycles. The molecule has 2 unspecified atom stereocenters. The monoisotopic (exact) mass is 247 g/mol. The van der Waals surface area contributed by atoms with Crippen LogP contribution in [-0.4, -0.2) is 35.3 Å². The number of nitriles is 1. The number of nitrogens with zero attached hydrogens (tertiary/aromatic N) is 2. The van der Waals surface area contributed by atoms with E-state index < -0.39 is 11.4 Å². The molecule has 1 saturated heterocycles. The summed E-state index contributed by atoms with van der Waals surface area (Å²) in [6.45, 7) is 2.10. The highest BCUT2D eigenvalue weighted by Crippen LogP contribution is 2.30. The Morgan fingerprint density at radius 2 is 2.56 bits per heavy atom. The number of anilines is 1. The lowest BCUT2D eigenvalue weighted by molar-refractivity contribution is -0.148. The number of carbonyl (C=O) groups is 1. The van der Waals surface area contributed by atoms with Crippen LogP contribution in [0.15, 0.2) is 18.3 Å². The maximum atomic E-state index is 11.3. The highest BCUT2D eigenvalue weighted by atomic mass is 16.5. The first-order valence-electron chi connectivity index (χ1n) is 5.50. The van der Waals surface area contributed by atoms with Gasteiger partial charge < -0.3 is 15.2 Å². The Morgan fingerprint density at radius 3 is 3.22 bits per heavy atom. The molecule has 2 rings (SSSR count). The fourth-order valence-corrected chi connectivity index (χ4v) is 1.84. The highest BCUT2D eigenvalue weighted by molar-refractivity contribution is 5.76. The van der Waals surface area contributed by atoms with E-state index >= 15 is 0 Å². The molecule has 0 spiro atoms. The fourth-order valence-electron chi connectivity index (χ4n) is 1.84. The van der Waals surface area contributed by atoms with Crippen LogP contribution in [0.25, 0.3) is 0 Å². The lowest BCUT2D eigenvalue weighted by atomic mass is 9.85. The molecule has 1 aromatic rings. The van der Waals surface area contributed by atoms with Crippen LogP contribution in [0, 0.1) is 16.7 Å². The van der Waals surface area contributed by atoms with Crippen molar-refractivity contribution in [3.63, 3.8) is 0 Å². The van der Waals surface area contributed by atoms with Crippen molar-refractivity contribution < 1.29 is 14.6 Å². The summed E-state index contributed by atoms with van der Waals surface area (Å²) in [7, 11) is 0. The molecular formula is C12H13N3O3. The van der Waals surface area contributed by atoms with E-state index in [0.717, 1.165) is 0 Å². The largest absolute Gasteiger partial charge is 0.481 e. The van der Waals surface area contributed by atoms with Gasteiger partial charge in [-0.25, -0.2) is 4.98 Å². The molecule has 1 aliphatic rings. The Balaban J connectivity index is 2.18. The van der Waals surface area contributed by atoms with Crippen LogP contribution in [0.4, 0.5) is 5.82 Å². The van der Waals surface area contributed by atoms with E-state index in [0.29, 0.717) is 18.0 Å². The lowest BCUT2D eigenvalue weighted by Gasteiger charge is -2.25. The second-order valence-electron chi connectivity index (χ2n) is 4.48. The van der Waals surface area contributed by atoms with Crippen molar-refractivity contribution in [3.05, 3.63) is 23.9 Å². The summed E-state index contributed by atoms with van der Waals surface area (Å²) in [4.78, 5) is 15.3. The topological polar surface area (TPSA) is 95.2 Å². The predicted molar refractivity (Wildman–Crippen MR) is 62.9 cm³/mol. The molecule has 18 heavy (non-hydrogen) atoms. The van der Waals surface area contributed by atoms with E-state index in [1.165, 1.54) is 6.20 Å². The van der Waals surface area contributed by atoms with Gasteiger partial charge in [-0.1, -0.05) is 0 Å². The predicted octanol–water partition coefficient (Wildman–Crippen LogP) is 0.855. The van der Waals surface area contributed by atoms with Crippen LogP contribution in [-0.2, 0) is 9.53 Å². The first-order valence-corrected chi connectivity index (χ1v) is 5.50. The van der Waals surface area contributed by atoms with Gasteiger partial charge in [-0.3, -0.25) is 4.79 Å². The number of aromatic nitrogens is 1. The van der Waals surface area contributed by atoms with Crippen molar-refractivity contribution in [2.24, 2.45) is 5.41 Å². The minimum atomic E-state index is -0.982. The van der Waals surface area contributed by atoms with Crippen molar-refractivity contribution in [2.75, 3.05) is 18.5 Å². The van der Waals surface area contributed by atoms with Crippen LogP contribution in [0.3, 0.4) is 0 Å². The third kappa shape index (κ3) is 2.13. The van der Waals surface area contributed by atoms with Crippen molar-refractivity contribution in [3.8, 4) is 6.07 Å². The molecule has 1 aliphatic heterocycles. The van der Waals surface area contributed by atoms with Gasteiger partial charge in [-0.15, -0.1) is 0 Å². The van der Waals surface area contributed by atoms with Gasteiger partial charge in [0.1, 0.15) is 11.2 Å². The summed E-state index contributed by atoms with van der Waals surface area (Å²) in [6, 6.07) is 4.82. The van der Waals surface area contributed by atoms with Gasteiger partial charge in [0.15, 0.2) is 0 Å². The van der Waals surface area contributed by atoms with E-state index in [1.807, 2.05) is 6.07 Å². The molecule has 0 radical (unpaired) electrons. The minimum absolute atomic E-state index is 0.165. The van der Waals surface area contributed by atoms with Crippen LogP contribution >= 0.6 is 0 Å². The van der Waals surface area contributed by atoms with Gasteiger partial charge in [0, 0.05) is 6.20 Å². The molecule has 2 N–H and O–H groups in total. The number of pyridine rings is 1. The minimum Gasteiger partial charge on any atom is -0.481 e. The van der Waals surface area contributed by atoms with E-state index in [2.05, 4.69) is 10.3 Å². The maximum Gasteiger partial charge on any atom is 0.313 e. The Hall–Kier alpha value is -2.13. The maximum absolute atomic E-state index is 11.3. The van der Waals surface area contributed by atoms with Crippen LogP contribution in [0.1, 0.15) is 12.5 Å². The summed E-state index contributed by atoms with van der Waals surface area (Å²) in [5.41, 5.74) is -0.506. The number of aliphatic carboxylic acids is 1. The molecule has 1 fully saturated rings. The Morgan fingerprint density at radius 1 is 1.78 bits per heavy atom. The van der Waals surface area contributed by atoms with Crippen molar-refractivity contribution >= 4 is 11.8 Å². The molecule has 0 bridgehead atoms. The van der Waals surface area contributed by atoms with Gasteiger partial charge >= 0.3 is 5.97 Å². The van der Waals surface area contributed by atoms with Crippen molar-refractivity contribution in [2.45, 2.75) is 13.0 Å². The summed E-state index contributed by atoms with van der Waals surface area (Å²) < 4.78 is 5.23. The number of carboxylic acid groups (broad SMARTS) is 1. The van der Waals surface area contributed by atoms with Crippen molar-refractivity contribution in [1.82, 2.24) is 4.98 Å². The van der Waals surface area contributed by atoms with Crippen LogP contribution in [0.5, 0.6) is 0 Å². The second-order valence-corrected chi connectivity index (χ2v) is 4.48. The zero-order valence-electron chi connectivity index (χ0n) is 9.88. The Labute approximate surface area is 104 Å². The fraction of sp³-hybridized carbons (Fsp3) is 0.417. The van der Waals surface area contributed by atoms with Gasteiger partial charge in [-0.2, -0.15) is 5.26 Å². The SMILES string of the molecule is CC1(C(=O)O)COCC1Nc1cc(C#N)ccn1. The van der Waals surface area contributed by atoms with E-state index in [1.54, 1.807) is 19.1 Å². The molecule has 0 amide bonds. The highest BCUT2D eigenvalue weighted by Gasteiger charge is 2.46. The van der Waals surface area contributed by atoms with E-state index in [4.69, 9.17) is 10.00 Å². The Bertz CT molecular complexity index is 512. The van der Waals surface area contributed by atoms with Crippen LogP contribution in [0.2, 0.25) is 0 Å². The lowest BCUT2D eigenvalue weighted by Crippen LogP contribution is -2.43. The zero-order valence-corrected chi connectivity index (χ0v) is 9.88. The van der Waals surface area contributed by atoms with Gasteiger partial charge in [0.05, 0.1) is 30.9 Å². The quantitative estimate of drug-likeness (QED) is 0.822. The first-order chi connectivity index (χ1) is 8.56. The number of carboxylic acids is 1. The average molecular weight is 247 g/mol. The molecule has 0 saturated carbocycles. The molecule has 2 heterocycles. The van der Waals surface area contributed by atoms with Crippen molar-refractivity contribution in [1.29, 1.82) is 5.26 Å². The third-order valence-corrected chi connectivity index (χ3v) is 3.16. The summed E-state index contributed by atoms with van der Waals surface area (Å²) in [6.07, 6.45) is 1.51. The molecule has 6 nitrogen and oxygen atoms in total. The van der Waals surface area contributed by atoms with Gasteiger partial charge in [0.25, 0.3) is 0 Å². The number of nitrogens with one attached hydrogen (secondary N) is 1. The number of hydrogen-bond donors (Lipinski definition) is 2. The molecule has 1 aromatic heterocycles. The molecule has 6 heteroatoms. The van der Waals surface area contributed by atoms with E-state index in [-0.39, 0.29) is 12.6 Å². The zero-order chi connectivity index (χ0) is 13.2. The van der Waals surface area contributed by atoms with Crippen LogP contribution < -0.4 is 5.32 Å². The second kappa shape index (κ2) is 4.63. The number of rotatable bonds is 3. The number of hydrogen-bond acceptors (Lipinski definition) is 5. The van der Waals surface area contributed by atoms with Gasteiger partial charge in [0.2, 0.25) is 0 Å². The first kappa shape index (κ1) is 12.3. The summed E-state index contributed by atoms with van der Waals surface area (Å²) in [5, 5.41) is 21.0. The van der Waals surface area contributed by atoms with E-state index in [9.17, 15) is 9.90 Å². The number of ether oxygens (including phenoxy) is 1.